The normalized spacial score (nSPS) is 18.1. The highest BCUT2D eigenvalue weighted by Crippen LogP contribution is 2.62. The Morgan fingerprint density at radius 1 is 0.675 bits per heavy atom. The van der Waals surface area contributed by atoms with Gasteiger partial charge >= 0.3 is 0 Å². The Balaban J connectivity index is 1.69. The SMILES string of the molecule is CCN(CC)c1ccc2c(c1)-c1cc(N(CC)CC)ccc1C21Oc2ccccc2C(N)C1c1ccccc1C. The monoisotopic (exact) mass is 531 g/mol. The van der Waals surface area contributed by atoms with Crippen molar-refractivity contribution in [3.63, 3.8) is 0 Å². The highest BCUT2D eigenvalue weighted by atomic mass is 16.5. The lowest BCUT2D eigenvalue weighted by Crippen LogP contribution is -2.47. The first-order valence-corrected chi connectivity index (χ1v) is 14.9. The van der Waals surface area contributed by atoms with E-state index in [-0.39, 0.29) is 12.0 Å². The minimum Gasteiger partial charge on any atom is -0.477 e. The number of nitrogens with zero attached hydrogens (tertiary/aromatic N) is 2. The summed E-state index contributed by atoms with van der Waals surface area (Å²) in [5.41, 5.74) is 17.5. The van der Waals surface area contributed by atoms with Gasteiger partial charge in [0.25, 0.3) is 0 Å². The Morgan fingerprint density at radius 3 is 1.70 bits per heavy atom. The molecule has 0 amide bonds. The van der Waals surface area contributed by atoms with E-state index in [0.29, 0.717) is 0 Å². The number of nitrogens with two attached hydrogens (primary N) is 1. The van der Waals surface area contributed by atoms with Crippen LogP contribution < -0.4 is 20.3 Å². The molecule has 2 atom stereocenters. The van der Waals surface area contributed by atoms with Crippen LogP contribution >= 0.6 is 0 Å². The van der Waals surface area contributed by atoms with Crippen molar-refractivity contribution in [1.29, 1.82) is 0 Å². The number of ether oxygens (including phenoxy) is 1. The lowest BCUT2D eigenvalue weighted by molar-refractivity contribution is 0.0514. The highest BCUT2D eigenvalue weighted by molar-refractivity contribution is 5.86. The molecule has 1 aliphatic carbocycles. The molecule has 0 radical (unpaired) electrons. The predicted molar refractivity (Wildman–Crippen MR) is 168 cm³/mol. The van der Waals surface area contributed by atoms with Crippen LogP contribution in [0.4, 0.5) is 11.4 Å². The average molecular weight is 532 g/mol. The van der Waals surface area contributed by atoms with E-state index >= 15 is 0 Å². The quantitative estimate of drug-likeness (QED) is 0.264. The summed E-state index contributed by atoms with van der Waals surface area (Å²) in [6, 6.07) is 30.7. The highest BCUT2D eigenvalue weighted by Gasteiger charge is 2.57. The predicted octanol–water partition coefficient (Wildman–Crippen LogP) is 7.79. The summed E-state index contributed by atoms with van der Waals surface area (Å²) < 4.78 is 7.32. The molecule has 6 rings (SSSR count). The molecular formula is C36H41N3O. The van der Waals surface area contributed by atoms with Gasteiger partial charge in [-0.25, -0.2) is 0 Å². The van der Waals surface area contributed by atoms with E-state index in [2.05, 4.69) is 129 Å². The number of rotatable bonds is 7. The molecule has 0 fully saturated rings. The lowest BCUT2D eigenvalue weighted by Gasteiger charge is -2.47. The summed E-state index contributed by atoms with van der Waals surface area (Å²) in [5.74, 6) is 0.779. The fourth-order valence-corrected chi connectivity index (χ4v) is 7.19. The van der Waals surface area contributed by atoms with Gasteiger partial charge in [-0.1, -0.05) is 54.6 Å². The van der Waals surface area contributed by atoms with Gasteiger partial charge in [0.1, 0.15) is 5.75 Å². The zero-order valence-electron chi connectivity index (χ0n) is 24.4. The van der Waals surface area contributed by atoms with Crippen molar-refractivity contribution in [3.05, 3.63) is 113 Å². The fraction of sp³-hybridized carbons (Fsp3) is 0.333. The lowest BCUT2D eigenvalue weighted by atomic mass is 9.67. The average Bonchev–Trinajstić information content (AvgIpc) is 3.24. The van der Waals surface area contributed by atoms with Crippen molar-refractivity contribution in [3.8, 4) is 16.9 Å². The first kappa shape index (κ1) is 26.5. The van der Waals surface area contributed by atoms with Crippen LogP contribution in [-0.2, 0) is 5.60 Å². The van der Waals surface area contributed by atoms with Crippen molar-refractivity contribution in [2.75, 3.05) is 36.0 Å². The van der Waals surface area contributed by atoms with Crippen LogP contribution in [0.15, 0.2) is 84.9 Å². The molecule has 0 saturated heterocycles. The van der Waals surface area contributed by atoms with Crippen molar-refractivity contribution in [2.24, 2.45) is 5.73 Å². The minimum absolute atomic E-state index is 0.0952. The maximum Gasteiger partial charge on any atom is 0.169 e. The third-order valence-electron chi connectivity index (χ3n) is 9.22. The first-order valence-electron chi connectivity index (χ1n) is 14.9. The molecule has 4 nitrogen and oxygen atoms in total. The maximum atomic E-state index is 7.32. The van der Waals surface area contributed by atoms with E-state index in [1.54, 1.807) is 0 Å². The Morgan fingerprint density at radius 2 is 1.18 bits per heavy atom. The second-order valence-corrected chi connectivity index (χ2v) is 11.0. The molecule has 4 aromatic carbocycles. The molecule has 0 aromatic heterocycles. The maximum absolute atomic E-state index is 7.32. The molecule has 2 unspecified atom stereocenters. The largest absolute Gasteiger partial charge is 0.477 e. The van der Waals surface area contributed by atoms with Crippen LogP contribution in [0.3, 0.4) is 0 Å². The number of aryl methyl sites for hydroxylation is 1. The van der Waals surface area contributed by atoms with Gasteiger partial charge in [-0.05, 0) is 87.2 Å². The molecule has 1 heterocycles. The van der Waals surface area contributed by atoms with Crippen molar-refractivity contribution in [2.45, 2.75) is 52.2 Å². The van der Waals surface area contributed by atoms with Crippen molar-refractivity contribution >= 4 is 11.4 Å². The second-order valence-electron chi connectivity index (χ2n) is 11.0. The van der Waals surface area contributed by atoms with E-state index in [4.69, 9.17) is 10.5 Å². The Hall–Kier alpha value is -3.76. The summed E-state index contributed by atoms with van der Waals surface area (Å²) in [4.78, 5) is 4.83. The number of hydrogen-bond donors (Lipinski definition) is 1. The molecule has 1 spiro atoms. The number of anilines is 2. The van der Waals surface area contributed by atoms with Crippen molar-refractivity contribution < 1.29 is 4.74 Å². The Kier molecular flexibility index (Phi) is 6.83. The Bertz CT molecular complexity index is 1470. The zero-order chi connectivity index (χ0) is 28.0. The molecule has 4 heteroatoms. The van der Waals surface area contributed by atoms with Crippen LogP contribution in [0.2, 0.25) is 0 Å². The number of para-hydroxylation sites is 1. The van der Waals surface area contributed by atoms with Gasteiger partial charge in [-0.3, -0.25) is 0 Å². The first-order chi connectivity index (χ1) is 19.5. The van der Waals surface area contributed by atoms with E-state index in [9.17, 15) is 0 Å². The molecule has 0 bridgehead atoms. The molecular weight excluding hydrogens is 490 g/mol. The van der Waals surface area contributed by atoms with Crippen LogP contribution in [0.5, 0.6) is 5.75 Å². The van der Waals surface area contributed by atoms with E-state index in [1.807, 2.05) is 0 Å². The number of benzene rings is 4. The minimum atomic E-state index is -0.742. The van der Waals surface area contributed by atoms with Crippen LogP contribution in [-0.4, -0.2) is 26.2 Å². The van der Waals surface area contributed by atoms with Gasteiger partial charge in [0.15, 0.2) is 5.60 Å². The van der Waals surface area contributed by atoms with E-state index < -0.39 is 5.60 Å². The van der Waals surface area contributed by atoms with Gasteiger partial charge in [0.2, 0.25) is 0 Å². The molecule has 206 valence electrons. The van der Waals surface area contributed by atoms with E-state index in [1.165, 1.54) is 44.8 Å². The summed E-state index contributed by atoms with van der Waals surface area (Å²) >= 11 is 0. The van der Waals surface area contributed by atoms with Crippen LogP contribution in [0.1, 0.15) is 67.5 Å². The topological polar surface area (TPSA) is 41.7 Å². The molecule has 2 aliphatic rings. The summed E-state index contributed by atoms with van der Waals surface area (Å²) in [7, 11) is 0. The second kappa shape index (κ2) is 10.3. The molecule has 2 N–H and O–H groups in total. The van der Waals surface area contributed by atoms with E-state index in [0.717, 1.165) is 37.5 Å². The van der Waals surface area contributed by atoms with Gasteiger partial charge in [-0.2, -0.15) is 0 Å². The van der Waals surface area contributed by atoms with Crippen LogP contribution in [0, 0.1) is 6.92 Å². The summed E-state index contributed by atoms with van der Waals surface area (Å²) in [6.07, 6.45) is 0. The summed E-state index contributed by atoms with van der Waals surface area (Å²) in [5, 5.41) is 0. The van der Waals surface area contributed by atoms with Crippen LogP contribution in [0.25, 0.3) is 11.1 Å². The van der Waals surface area contributed by atoms with Crippen molar-refractivity contribution in [1.82, 2.24) is 0 Å². The molecule has 1 aliphatic heterocycles. The van der Waals surface area contributed by atoms with Gasteiger partial charge in [0.05, 0.1) is 5.92 Å². The standard InChI is InChI=1S/C36H41N3O/c1-6-38(7-2)25-18-20-31-29(22-25)30-23-26(39(8-3)9-4)19-21-32(30)36(31)34(27-15-11-10-14-24(27)5)35(37)28-16-12-13-17-33(28)40-36/h10-23,34-35H,6-9,37H2,1-5H3. The number of fused-ring (bicyclic) bond motifs is 6. The van der Waals surface area contributed by atoms with Gasteiger partial charge < -0.3 is 20.3 Å². The molecule has 4 aromatic rings. The number of hydrogen-bond acceptors (Lipinski definition) is 4. The molecule has 0 saturated carbocycles. The zero-order valence-corrected chi connectivity index (χ0v) is 24.4. The van der Waals surface area contributed by atoms with Gasteiger partial charge in [-0.15, -0.1) is 0 Å². The third kappa shape index (κ3) is 3.84. The summed E-state index contributed by atoms with van der Waals surface area (Å²) in [6.45, 7) is 14.9. The third-order valence-corrected chi connectivity index (χ3v) is 9.22. The smallest absolute Gasteiger partial charge is 0.169 e. The van der Waals surface area contributed by atoms with Gasteiger partial charge in [0, 0.05) is 60.3 Å². The Labute approximate surface area is 239 Å². The fourth-order valence-electron chi connectivity index (χ4n) is 7.19. The molecule has 40 heavy (non-hydrogen) atoms.